The van der Waals surface area contributed by atoms with E-state index in [0.29, 0.717) is 0 Å². The van der Waals surface area contributed by atoms with Crippen LogP contribution in [0, 0.1) is 0 Å². The third-order valence-corrected chi connectivity index (χ3v) is 2.20. The largest absolute Gasteiger partial charge is 0.365 e. The Morgan fingerprint density at radius 2 is 1.80 bits per heavy atom. The van der Waals surface area contributed by atoms with E-state index in [2.05, 4.69) is 4.90 Å². The zero-order valence-electron chi connectivity index (χ0n) is 5.99. The minimum Gasteiger partial charge on any atom is -0.365 e. The van der Waals surface area contributed by atoms with Gasteiger partial charge in [-0.25, -0.2) is 0 Å². The molecule has 2 atom stereocenters. The summed E-state index contributed by atoms with van der Waals surface area (Å²) in [4.78, 5) is 2.22. The van der Waals surface area contributed by atoms with Crippen molar-refractivity contribution in [3.05, 3.63) is 0 Å². The summed E-state index contributed by atoms with van der Waals surface area (Å²) in [5.74, 6) is 0. The lowest BCUT2D eigenvalue weighted by Crippen LogP contribution is -2.33. The van der Waals surface area contributed by atoms with Gasteiger partial charge in [-0.1, -0.05) is 6.42 Å². The molecule has 1 N–H and O–H groups in total. The molecular formula is C7H13NO2. The normalized spacial score (nSPS) is 41.7. The summed E-state index contributed by atoms with van der Waals surface area (Å²) in [6, 6.07) is 0. The number of likely N-dealkylation sites (tertiary alicyclic amines) is 1. The number of piperidine rings is 1. The van der Waals surface area contributed by atoms with Crippen LogP contribution in [-0.4, -0.2) is 35.6 Å². The summed E-state index contributed by atoms with van der Waals surface area (Å²) in [7, 11) is 0. The van der Waals surface area contributed by atoms with Gasteiger partial charge < -0.3 is 9.84 Å². The van der Waals surface area contributed by atoms with Gasteiger partial charge in [0.05, 0.1) is 0 Å². The lowest BCUT2D eigenvalue weighted by molar-refractivity contribution is 0.141. The maximum Gasteiger partial charge on any atom is 0.197 e. The number of nitrogens with zero attached hydrogens (tertiary/aromatic N) is 1. The van der Waals surface area contributed by atoms with Crippen LogP contribution in [0.3, 0.4) is 0 Å². The SMILES string of the molecule is OC1O[C@H]1N1CCCCC1. The number of aliphatic hydroxyl groups is 1. The Balaban J connectivity index is 1.81. The van der Waals surface area contributed by atoms with Crippen LogP contribution < -0.4 is 0 Å². The average Bonchev–Trinajstić information content (AvgIpc) is 2.69. The van der Waals surface area contributed by atoms with Gasteiger partial charge >= 0.3 is 0 Å². The van der Waals surface area contributed by atoms with Gasteiger partial charge in [0.25, 0.3) is 0 Å². The number of aliphatic hydroxyl groups excluding tert-OH is 1. The molecule has 10 heavy (non-hydrogen) atoms. The quantitative estimate of drug-likeness (QED) is 0.531. The summed E-state index contributed by atoms with van der Waals surface area (Å²) >= 11 is 0. The number of ether oxygens (including phenoxy) is 1. The van der Waals surface area contributed by atoms with Crippen LogP contribution in [0.4, 0.5) is 0 Å². The first-order valence-corrected chi connectivity index (χ1v) is 3.95. The Bertz CT molecular complexity index is 123. The van der Waals surface area contributed by atoms with Crippen LogP contribution in [-0.2, 0) is 4.74 Å². The molecule has 0 saturated carbocycles. The Kier molecular flexibility index (Phi) is 1.64. The van der Waals surface area contributed by atoms with Gasteiger partial charge in [0.1, 0.15) is 0 Å². The molecule has 2 aliphatic heterocycles. The Morgan fingerprint density at radius 1 is 1.20 bits per heavy atom. The maximum absolute atomic E-state index is 8.91. The molecule has 58 valence electrons. The topological polar surface area (TPSA) is 36.0 Å². The van der Waals surface area contributed by atoms with Gasteiger partial charge in [-0.15, -0.1) is 0 Å². The highest BCUT2D eigenvalue weighted by Crippen LogP contribution is 2.25. The Labute approximate surface area is 60.6 Å². The molecule has 0 aromatic rings. The Morgan fingerprint density at radius 3 is 2.30 bits per heavy atom. The molecule has 2 rings (SSSR count). The second kappa shape index (κ2) is 2.49. The zero-order valence-corrected chi connectivity index (χ0v) is 5.99. The molecule has 0 aliphatic carbocycles. The fraction of sp³-hybridized carbons (Fsp3) is 1.00. The van der Waals surface area contributed by atoms with Crippen LogP contribution >= 0.6 is 0 Å². The van der Waals surface area contributed by atoms with E-state index >= 15 is 0 Å². The number of hydrogen-bond donors (Lipinski definition) is 1. The zero-order chi connectivity index (χ0) is 6.97. The van der Waals surface area contributed by atoms with Gasteiger partial charge in [0.15, 0.2) is 12.5 Å². The highest BCUT2D eigenvalue weighted by Gasteiger charge is 2.42. The second-order valence-corrected chi connectivity index (χ2v) is 3.01. The minimum atomic E-state index is -0.488. The van der Waals surface area contributed by atoms with Crippen LogP contribution in [0.25, 0.3) is 0 Å². The molecule has 3 heteroatoms. The average molecular weight is 143 g/mol. The molecule has 1 unspecified atom stereocenters. The van der Waals surface area contributed by atoms with Gasteiger partial charge in [0.2, 0.25) is 0 Å². The molecule has 0 bridgehead atoms. The van der Waals surface area contributed by atoms with Crippen molar-refractivity contribution in [2.45, 2.75) is 31.8 Å². The van der Waals surface area contributed by atoms with Gasteiger partial charge in [0, 0.05) is 13.1 Å². The van der Waals surface area contributed by atoms with E-state index in [0.717, 1.165) is 13.1 Å². The van der Waals surface area contributed by atoms with Crippen molar-refractivity contribution in [3.8, 4) is 0 Å². The highest BCUT2D eigenvalue weighted by molar-refractivity contribution is 4.78. The standard InChI is InChI=1S/C7H13NO2/c9-7-6(10-7)8-4-2-1-3-5-8/h6-7,9H,1-5H2/t6-,7?/m1/s1. The van der Waals surface area contributed by atoms with Crippen molar-refractivity contribution in [2.75, 3.05) is 13.1 Å². The molecule has 0 radical (unpaired) electrons. The third-order valence-electron chi connectivity index (χ3n) is 2.20. The van der Waals surface area contributed by atoms with E-state index in [1.54, 1.807) is 0 Å². The highest BCUT2D eigenvalue weighted by atomic mass is 16.7. The second-order valence-electron chi connectivity index (χ2n) is 3.01. The lowest BCUT2D eigenvalue weighted by atomic mass is 10.1. The first kappa shape index (κ1) is 6.58. The number of epoxide rings is 1. The monoisotopic (exact) mass is 143 g/mol. The molecule has 3 nitrogen and oxygen atoms in total. The molecule has 0 aromatic carbocycles. The van der Waals surface area contributed by atoms with Crippen molar-refractivity contribution in [1.82, 2.24) is 4.90 Å². The van der Waals surface area contributed by atoms with Crippen LogP contribution in [0.15, 0.2) is 0 Å². The van der Waals surface area contributed by atoms with E-state index in [-0.39, 0.29) is 6.23 Å². The number of rotatable bonds is 1. The smallest absolute Gasteiger partial charge is 0.197 e. The fourth-order valence-corrected chi connectivity index (χ4v) is 1.54. The van der Waals surface area contributed by atoms with E-state index in [4.69, 9.17) is 9.84 Å². The third kappa shape index (κ3) is 1.17. The molecule has 2 aliphatic rings. The van der Waals surface area contributed by atoms with Gasteiger partial charge in [-0.2, -0.15) is 0 Å². The van der Waals surface area contributed by atoms with E-state index in [1.165, 1.54) is 19.3 Å². The van der Waals surface area contributed by atoms with Gasteiger partial charge in [-0.3, -0.25) is 4.90 Å². The van der Waals surface area contributed by atoms with Gasteiger partial charge in [-0.05, 0) is 12.8 Å². The van der Waals surface area contributed by atoms with Crippen molar-refractivity contribution in [1.29, 1.82) is 0 Å². The summed E-state index contributed by atoms with van der Waals surface area (Å²) in [6.45, 7) is 2.20. The first-order chi connectivity index (χ1) is 4.88. The van der Waals surface area contributed by atoms with Crippen molar-refractivity contribution >= 4 is 0 Å². The van der Waals surface area contributed by atoms with Crippen LogP contribution in [0.1, 0.15) is 19.3 Å². The molecular weight excluding hydrogens is 130 g/mol. The Hall–Kier alpha value is -0.120. The van der Waals surface area contributed by atoms with Crippen LogP contribution in [0.2, 0.25) is 0 Å². The minimum absolute atomic E-state index is 0.0419. The van der Waals surface area contributed by atoms with Crippen molar-refractivity contribution < 1.29 is 9.84 Å². The fourth-order valence-electron chi connectivity index (χ4n) is 1.54. The van der Waals surface area contributed by atoms with Crippen molar-refractivity contribution in [2.24, 2.45) is 0 Å². The summed E-state index contributed by atoms with van der Waals surface area (Å²) in [5, 5.41) is 8.91. The lowest BCUT2D eigenvalue weighted by Gasteiger charge is -2.23. The van der Waals surface area contributed by atoms with E-state index < -0.39 is 6.29 Å². The summed E-state index contributed by atoms with van der Waals surface area (Å²) in [5.41, 5.74) is 0. The molecule has 2 fully saturated rings. The summed E-state index contributed by atoms with van der Waals surface area (Å²) < 4.78 is 4.94. The predicted octanol–water partition coefficient (Wildman–Crippen LogP) is 0.147. The first-order valence-electron chi connectivity index (χ1n) is 3.95. The molecule has 2 heterocycles. The van der Waals surface area contributed by atoms with E-state index in [9.17, 15) is 0 Å². The molecule has 0 aromatic heterocycles. The number of hydrogen-bond acceptors (Lipinski definition) is 3. The maximum atomic E-state index is 8.91. The predicted molar refractivity (Wildman–Crippen MR) is 36.3 cm³/mol. The summed E-state index contributed by atoms with van der Waals surface area (Å²) in [6.07, 6.45) is 3.40. The van der Waals surface area contributed by atoms with E-state index in [1.807, 2.05) is 0 Å². The molecule has 0 amide bonds. The molecule has 2 saturated heterocycles. The van der Waals surface area contributed by atoms with Crippen molar-refractivity contribution in [3.63, 3.8) is 0 Å². The van der Waals surface area contributed by atoms with Crippen LogP contribution in [0.5, 0.6) is 0 Å². The molecule has 0 spiro atoms.